The highest BCUT2D eigenvalue weighted by molar-refractivity contribution is 9.10. The SMILES string of the molecule is CCCc1nnsc1C(N)c1cccc(Br)c1F. The lowest BCUT2D eigenvalue weighted by molar-refractivity contribution is 0.593. The molecular weight excluding hydrogens is 317 g/mol. The van der Waals surface area contributed by atoms with Crippen LogP contribution < -0.4 is 5.73 Å². The molecule has 0 saturated carbocycles. The van der Waals surface area contributed by atoms with Gasteiger partial charge in [0.15, 0.2) is 0 Å². The molecule has 1 aromatic heterocycles. The molecule has 0 aliphatic carbocycles. The van der Waals surface area contributed by atoms with Crippen LogP contribution in [0.4, 0.5) is 4.39 Å². The molecule has 2 N–H and O–H groups in total. The molecule has 1 atom stereocenters. The van der Waals surface area contributed by atoms with Crippen LogP contribution in [0.25, 0.3) is 0 Å². The number of aryl methyl sites for hydroxylation is 1. The molecule has 0 aliphatic rings. The standard InChI is InChI=1S/C12H13BrFN3S/c1-2-4-9-12(18-17-16-9)11(15)7-5-3-6-8(13)10(7)14/h3,5-6,11H,2,4,15H2,1H3. The van der Waals surface area contributed by atoms with Crippen molar-refractivity contribution in [1.82, 2.24) is 9.59 Å². The van der Waals surface area contributed by atoms with Gasteiger partial charge in [0.05, 0.1) is 21.1 Å². The van der Waals surface area contributed by atoms with E-state index in [-0.39, 0.29) is 5.82 Å². The molecule has 2 rings (SSSR count). The minimum absolute atomic E-state index is 0.319. The molecule has 2 aromatic rings. The summed E-state index contributed by atoms with van der Waals surface area (Å²) < 4.78 is 18.3. The fraction of sp³-hybridized carbons (Fsp3) is 0.333. The Morgan fingerprint density at radius 1 is 1.50 bits per heavy atom. The van der Waals surface area contributed by atoms with E-state index >= 15 is 0 Å². The first-order valence-corrected chi connectivity index (χ1v) is 7.22. The zero-order chi connectivity index (χ0) is 13.1. The second-order valence-electron chi connectivity index (χ2n) is 3.95. The Balaban J connectivity index is 2.38. The summed E-state index contributed by atoms with van der Waals surface area (Å²) in [5, 5.41) is 4.06. The minimum Gasteiger partial charge on any atom is -0.319 e. The number of hydrogen-bond donors (Lipinski definition) is 1. The van der Waals surface area contributed by atoms with Gasteiger partial charge in [-0.25, -0.2) is 4.39 Å². The van der Waals surface area contributed by atoms with Gasteiger partial charge in [-0.05, 0) is 39.9 Å². The molecule has 3 nitrogen and oxygen atoms in total. The summed E-state index contributed by atoms with van der Waals surface area (Å²) in [6, 6.07) is 4.61. The van der Waals surface area contributed by atoms with Gasteiger partial charge in [-0.15, -0.1) is 5.10 Å². The third-order valence-corrected chi connectivity index (χ3v) is 4.13. The second-order valence-corrected chi connectivity index (χ2v) is 5.59. The molecule has 1 unspecified atom stereocenters. The summed E-state index contributed by atoms with van der Waals surface area (Å²) >= 11 is 4.41. The summed E-state index contributed by atoms with van der Waals surface area (Å²) in [7, 11) is 0. The van der Waals surface area contributed by atoms with Crippen LogP contribution in [0.2, 0.25) is 0 Å². The monoisotopic (exact) mass is 329 g/mol. The highest BCUT2D eigenvalue weighted by atomic mass is 79.9. The first-order valence-electron chi connectivity index (χ1n) is 5.65. The molecule has 0 fully saturated rings. The maximum absolute atomic E-state index is 14.0. The number of nitrogens with two attached hydrogens (primary N) is 1. The normalized spacial score (nSPS) is 12.7. The van der Waals surface area contributed by atoms with Crippen LogP contribution in [0.1, 0.15) is 35.5 Å². The van der Waals surface area contributed by atoms with Crippen molar-refractivity contribution in [3.63, 3.8) is 0 Å². The van der Waals surface area contributed by atoms with Crippen molar-refractivity contribution in [2.24, 2.45) is 5.73 Å². The van der Waals surface area contributed by atoms with Crippen molar-refractivity contribution in [1.29, 1.82) is 0 Å². The molecule has 0 saturated heterocycles. The average molecular weight is 330 g/mol. The predicted molar refractivity (Wildman–Crippen MR) is 74.0 cm³/mol. The smallest absolute Gasteiger partial charge is 0.142 e. The zero-order valence-corrected chi connectivity index (χ0v) is 12.3. The third-order valence-electron chi connectivity index (χ3n) is 2.67. The lowest BCUT2D eigenvalue weighted by Crippen LogP contribution is -2.14. The summed E-state index contributed by atoms with van der Waals surface area (Å²) in [5.74, 6) is -0.319. The maximum Gasteiger partial charge on any atom is 0.142 e. The van der Waals surface area contributed by atoms with E-state index in [1.807, 2.05) is 0 Å². The molecule has 0 amide bonds. The topological polar surface area (TPSA) is 51.8 Å². The lowest BCUT2D eigenvalue weighted by atomic mass is 10.0. The van der Waals surface area contributed by atoms with Crippen molar-refractivity contribution in [3.8, 4) is 0 Å². The van der Waals surface area contributed by atoms with Crippen LogP contribution in [-0.4, -0.2) is 9.59 Å². The quantitative estimate of drug-likeness (QED) is 0.934. The zero-order valence-electron chi connectivity index (χ0n) is 9.86. The van der Waals surface area contributed by atoms with E-state index in [1.165, 1.54) is 11.5 Å². The number of hydrogen-bond acceptors (Lipinski definition) is 4. The van der Waals surface area contributed by atoms with Gasteiger partial charge in [-0.1, -0.05) is 30.0 Å². The Morgan fingerprint density at radius 2 is 2.28 bits per heavy atom. The van der Waals surface area contributed by atoms with Gasteiger partial charge in [-0.3, -0.25) is 0 Å². The van der Waals surface area contributed by atoms with Crippen LogP contribution >= 0.6 is 27.5 Å². The van der Waals surface area contributed by atoms with Crippen molar-refractivity contribution in [2.45, 2.75) is 25.8 Å². The Bertz CT molecular complexity index is 544. The van der Waals surface area contributed by atoms with Crippen LogP contribution in [0.15, 0.2) is 22.7 Å². The maximum atomic E-state index is 14.0. The first kappa shape index (κ1) is 13.6. The van der Waals surface area contributed by atoms with E-state index in [4.69, 9.17) is 5.73 Å². The van der Waals surface area contributed by atoms with Crippen LogP contribution in [0, 0.1) is 5.82 Å². The van der Waals surface area contributed by atoms with E-state index in [1.54, 1.807) is 18.2 Å². The van der Waals surface area contributed by atoms with E-state index in [9.17, 15) is 4.39 Å². The van der Waals surface area contributed by atoms with E-state index in [2.05, 4.69) is 32.4 Å². The Morgan fingerprint density at radius 3 is 3.00 bits per heavy atom. The minimum atomic E-state index is -0.510. The number of halogens is 2. The molecule has 0 bridgehead atoms. The highest BCUT2D eigenvalue weighted by Gasteiger charge is 2.20. The van der Waals surface area contributed by atoms with Crippen molar-refractivity contribution in [3.05, 3.63) is 44.6 Å². The van der Waals surface area contributed by atoms with Crippen molar-refractivity contribution < 1.29 is 4.39 Å². The van der Waals surface area contributed by atoms with Gasteiger partial charge in [0, 0.05) is 5.56 Å². The predicted octanol–water partition coefficient (Wildman–Crippen LogP) is 3.44. The number of rotatable bonds is 4. The third kappa shape index (κ3) is 2.60. The van der Waals surface area contributed by atoms with Gasteiger partial charge in [0.1, 0.15) is 5.82 Å². The van der Waals surface area contributed by atoms with E-state index < -0.39 is 6.04 Å². The lowest BCUT2D eigenvalue weighted by Gasteiger charge is -2.12. The van der Waals surface area contributed by atoms with E-state index in [0.29, 0.717) is 10.0 Å². The fourth-order valence-electron chi connectivity index (χ4n) is 1.76. The Hall–Kier alpha value is -0.850. The summed E-state index contributed by atoms with van der Waals surface area (Å²) in [6.07, 6.45) is 1.78. The largest absolute Gasteiger partial charge is 0.319 e. The first-order chi connectivity index (χ1) is 8.65. The summed E-state index contributed by atoms with van der Waals surface area (Å²) in [4.78, 5) is 0.842. The van der Waals surface area contributed by atoms with Crippen LogP contribution in [-0.2, 0) is 6.42 Å². The van der Waals surface area contributed by atoms with Gasteiger partial charge < -0.3 is 5.73 Å². The molecule has 0 aliphatic heterocycles. The van der Waals surface area contributed by atoms with E-state index in [0.717, 1.165) is 23.4 Å². The highest BCUT2D eigenvalue weighted by Crippen LogP contribution is 2.30. The van der Waals surface area contributed by atoms with Crippen LogP contribution in [0.3, 0.4) is 0 Å². The van der Waals surface area contributed by atoms with Gasteiger partial charge >= 0.3 is 0 Å². The molecule has 0 spiro atoms. The fourth-order valence-corrected chi connectivity index (χ4v) is 2.86. The molecule has 6 heteroatoms. The number of nitrogens with zero attached hydrogens (tertiary/aromatic N) is 2. The van der Waals surface area contributed by atoms with Gasteiger partial charge in [-0.2, -0.15) is 0 Å². The number of benzene rings is 1. The van der Waals surface area contributed by atoms with Gasteiger partial charge in [0.2, 0.25) is 0 Å². The van der Waals surface area contributed by atoms with Crippen LogP contribution in [0.5, 0.6) is 0 Å². The molecule has 96 valence electrons. The average Bonchev–Trinajstić information content (AvgIpc) is 2.80. The Kier molecular flexibility index (Phi) is 4.42. The molecule has 18 heavy (non-hydrogen) atoms. The molecule has 0 radical (unpaired) electrons. The molecule has 1 heterocycles. The summed E-state index contributed by atoms with van der Waals surface area (Å²) in [6.45, 7) is 2.06. The Labute approximate surface area is 118 Å². The second kappa shape index (κ2) is 5.86. The summed E-state index contributed by atoms with van der Waals surface area (Å²) in [5.41, 5.74) is 7.47. The molecule has 1 aromatic carbocycles. The van der Waals surface area contributed by atoms with Crippen molar-refractivity contribution >= 4 is 27.5 Å². The molecular formula is C12H13BrFN3S. The van der Waals surface area contributed by atoms with Gasteiger partial charge in [0.25, 0.3) is 0 Å². The van der Waals surface area contributed by atoms with Crippen molar-refractivity contribution in [2.75, 3.05) is 0 Å². The number of aromatic nitrogens is 2.